The SMILES string of the molecule is COc1cc(OC)cc(C(=O)Nc2ccc(/C=N/NC(=O)c3ccc(O)c(C#N)c3)c3ccccc23)c1. The van der Waals surface area contributed by atoms with Crippen molar-refractivity contribution in [1.82, 2.24) is 5.43 Å². The standard InChI is InChI=1S/C28H22N4O5/c1-36-21-12-19(13-22(14-21)37-2)27(34)31-25-9-7-18(23-5-3-4-6-24(23)25)16-30-32-28(35)17-8-10-26(33)20(11-17)15-29/h3-14,16,33H,1-2H3,(H,31,34)(H,32,35)/b30-16+. The number of aromatic hydroxyl groups is 1. The van der Waals surface area contributed by atoms with Gasteiger partial charge in [0.25, 0.3) is 11.8 Å². The summed E-state index contributed by atoms with van der Waals surface area (Å²) >= 11 is 0. The summed E-state index contributed by atoms with van der Waals surface area (Å²) in [4.78, 5) is 25.4. The van der Waals surface area contributed by atoms with Gasteiger partial charge in [0.05, 0.1) is 26.0 Å². The number of rotatable bonds is 7. The van der Waals surface area contributed by atoms with Crippen LogP contribution in [0.5, 0.6) is 17.2 Å². The summed E-state index contributed by atoms with van der Waals surface area (Å²) < 4.78 is 10.5. The molecule has 9 heteroatoms. The summed E-state index contributed by atoms with van der Waals surface area (Å²) in [5.41, 5.74) is 4.28. The summed E-state index contributed by atoms with van der Waals surface area (Å²) in [6.45, 7) is 0. The summed E-state index contributed by atoms with van der Waals surface area (Å²) in [5.74, 6) is -0.0682. The van der Waals surface area contributed by atoms with E-state index in [4.69, 9.17) is 14.7 Å². The minimum atomic E-state index is -0.533. The molecule has 0 saturated heterocycles. The van der Waals surface area contributed by atoms with Crippen molar-refractivity contribution in [2.75, 3.05) is 19.5 Å². The number of phenolic OH excluding ortho intramolecular Hbond substituents is 1. The van der Waals surface area contributed by atoms with Crippen LogP contribution < -0.4 is 20.2 Å². The number of ether oxygens (including phenoxy) is 2. The summed E-state index contributed by atoms with van der Waals surface area (Å²) in [7, 11) is 3.03. The minimum Gasteiger partial charge on any atom is -0.507 e. The van der Waals surface area contributed by atoms with Gasteiger partial charge >= 0.3 is 0 Å². The van der Waals surface area contributed by atoms with Crippen LogP contribution in [-0.4, -0.2) is 37.4 Å². The quantitative estimate of drug-likeness (QED) is 0.257. The van der Waals surface area contributed by atoms with Crippen molar-refractivity contribution < 1.29 is 24.2 Å². The lowest BCUT2D eigenvalue weighted by atomic mass is 10.0. The molecule has 0 unspecified atom stereocenters. The number of nitrogens with one attached hydrogen (secondary N) is 2. The van der Waals surface area contributed by atoms with E-state index in [1.54, 1.807) is 30.3 Å². The minimum absolute atomic E-state index is 0.00681. The van der Waals surface area contributed by atoms with E-state index < -0.39 is 5.91 Å². The Labute approximate surface area is 212 Å². The second kappa shape index (κ2) is 10.9. The number of methoxy groups -OCH3 is 2. The first kappa shape index (κ1) is 24.8. The number of hydrogen-bond donors (Lipinski definition) is 3. The zero-order valence-electron chi connectivity index (χ0n) is 20.0. The molecule has 4 rings (SSSR count). The maximum absolute atomic E-state index is 13.0. The highest BCUT2D eigenvalue weighted by Gasteiger charge is 2.13. The fourth-order valence-corrected chi connectivity index (χ4v) is 3.67. The highest BCUT2D eigenvalue weighted by atomic mass is 16.5. The maximum Gasteiger partial charge on any atom is 0.271 e. The molecule has 0 fully saturated rings. The summed E-state index contributed by atoms with van der Waals surface area (Å²) in [6.07, 6.45) is 1.49. The number of fused-ring (bicyclic) bond motifs is 1. The molecule has 0 radical (unpaired) electrons. The Kier molecular flexibility index (Phi) is 7.31. The molecule has 0 spiro atoms. The molecule has 0 atom stereocenters. The van der Waals surface area contributed by atoms with Crippen molar-refractivity contribution in [1.29, 1.82) is 5.26 Å². The van der Waals surface area contributed by atoms with E-state index in [-0.39, 0.29) is 22.8 Å². The Morgan fingerprint density at radius 2 is 1.59 bits per heavy atom. The smallest absolute Gasteiger partial charge is 0.271 e. The third-order valence-corrected chi connectivity index (χ3v) is 5.57. The van der Waals surface area contributed by atoms with Crippen LogP contribution >= 0.6 is 0 Å². The molecule has 0 aromatic heterocycles. The van der Waals surface area contributed by atoms with Crippen molar-refractivity contribution in [2.24, 2.45) is 5.10 Å². The number of phenols is 1. The molecule has 0 saturated carbocycles. The normalized spacial score (nSPS) is 10.6. The molecule has 37 heavy (non-hydrogen) atoms. The average molecular weight is 495 g/mol. The van der Waals surface area contributed by atoms with E-state index in [2.05, 4.69) is 15.8 Å². The Hall–Kier alpha value is -5.36. The lowest BCUT2D eigenvalue weighted by Gasteiger charge is -2.12. The Morgan fingerprint density at radius 3 is 2.27 bits per heavy atom. The molecular weight excluding hydrogens is 472 g/mol. The highest BCUT2D eigenvalue weighted by Crippen LogP contribution is 2.28. The molecule has 0 bridgehead atoms. The molecule has 0 aliphatic carbocycles. The van der Waals surface area contributed by atoms with Gasteiger partial charge in [-0.1, -0.05) is 30.3 Å². The highest BCUT2D eigenvalue weighted by molar-refractivity contribution is 6.12. The third kappa shape index (κ3) is 5.49. The number of carbonyl (C=O) groups excluding carboxylic acids is 2. The first-order valence-corrected chi connectivity index (χ1v) is 11.1. The summed E-state index contributed by atoms with van der Waals surface area (Å²) in [6, 6.07) is 21.7. The number of benzene rings is 4. The number of anilines is 1. The zero-order chi connectivity index (χ0) is 26.4. The Morgan fingerprint density at radius 1 is 0.892 bits per heavy atom. The van der Waals surface area contributed by atoms with Crippen molar-refractivity contribution in [3.63, 3.8) is 0 Å². The first-order chi connectivity index (χ1) is 17.9. The van der Waals surface area contributed by atoms with Gasteiger partial charge in [0.1, 0.15) is 23.3 Å². The van der Waals surface area contributed by atoms with Crippen LogP contribution in [0.25, 0.3) is 10.8 Å². The fraction of sp³-hybridized carbons (Fsp3) is 0.0714. The topological polar surface area (TPSA) is 133 Å². The fourth-order valence-electron chi connectivity index (χ4n) is 3.67. The van der Waals surface area contributed by atoms with Crippen molar-refractivity contribution in [2.45, 2.75) is 0 Å². The van der Waals surface area contributed by atoms with Gasteiger partial charge in [0.2, 0.25) is 0 Å². The molecule has 0 aliphatic heterocycles. The second-order valence-electron chi connectivity index (χ2n) is 7.85. The second-order valence-corrected chi connectivity index (χ2v) is 7.85. The number of nitriles is 1. The van der Waals surface area contributed by atoms with Gasteiger partial charge in [-0.2, -0.15) is 10.4 Å². The number of hydrazone groups is 1. The van der Waals surface area contributed by atoms with E-state index in [0.29, 0.717) is 28.3 Å². The predicted octanol–water partition coefficient (Wildman–Crippen LogP) is 4.45. The van der Waals surface area contributed by atoms with Crippen molar-refractivity contribution >= 4 is 34.5 Å². The third-order valence-electron chi connectivity index (χ3n) is 5.57. The molecule has 0 heterocycles. The largest absolute Gasteiger partial charge is 0.507 e. The van der Waals surface area contributed by atoms with Crippen LogP contribution in [0.15, 0.2) is 77.9 Å². The molecular formula is C28H22N4O5. The zero-order valence-corrected chi connectivity index (χ0v) is 20.0. The van der Waals surface area contributed by atoms with Crippen molar-refractivity contribution in [3.05, 3.63) is 95.1 Å². The van der Waals surface area contributed by atoms with Crippen LogP contribution in [0.3, 0.4) is 0 Å². The lowest BCUT2D eigenvalue weighted by molar-refractivity contribution is 0.0954. The average Bonchev–Trinajstić information content (AvgIpc) is 2.93. The Balaban J connectivity index is 1.56. The van der Waals surface area contributed by atoms with Crippen molar-refractivity contribution in [3.8, 4) is 23.3 Å². The van der Waals surface area contributed by atoms with Gasteiger partial charge < -0.3 is 19.9 Å². The van der Waals surface area contributed by atoms with Crippen LogP contribution in [0, 0.1) is 11.3 Å². The number of hydrogen-bond acceptors (Lipinski definition) is 7. The van der Waals surface area contributed by atoms with Crippen LogP contribution in [-0.2, 0) is 0 Å². The van der Waals surface area contributed by atoms with Gasteiger partial charge in [-0.15, -0.1) is 0 Å². The van der Waals surface area contributed by atoms with Crippen LogP contribution in [0.2, 0.25) is 0 Å². The van der Waals surface area contributed by atoms with E-state index >= 15 is 0 Å². The van der Waals surface area contributed by atoms with Crippen LogP contribution in [0.4, 0.5) is 5.69 Å². The van der Waals surface area contributed by atoms with E-state index in [1.165, 1.54) is 38.6 Å². The molecule has 4 aromatic rings. The van der Waals surface area contributed by atoms with E-state index in [0.717, 1.165) is 10.8 Å². The molecule has 9 nitrogen and oxygen atoms in total. The summed E-state index contributed by atoms with van der Waals surface area (Å²) in [5, 5.41) is 27.2. The first-order valence-electron chi connectivity index (χ1n) is 11.1. The molecule has 3 N–H and O–H groups in total. The lowest BCUT2D eigenvalue weighted by Crippen LogP contribution is -2.17. The van der Waals surface area contributed by atoms with Crippen LogP contribution in [0.1, 0.15) is 31.8 Å². The van der Waals surface area contributed by atoms with Gasteiger partial charge in [0.15, 0.2) is 0 Å². The monoisotopic (exact) mass is 494 g/mol. The van der Waals surface area contributed by atoms with Gasteiger partial charge in [-0.3, -0.25) is 9.59 Å². The Bertz CT molecular complexity index is 1550. The van der Waals surface area contributed by atoms with E-state index in [9.17, 15) is 14.7 Å². The molecule has 2 amide bonds. The van der Waals surface area contributed by atoms with Gasteiger partial charge in [-0.25, -0.2) is 5.43 Å². The number of nitrogens with zero attached hydrogens (tertiary/aromatic N) is 2. The molecule has 4 aromatic carbocycles. The number of amides is 2. The van der Waals surface area contributed by atoms with Gasteiger partial charge in [-0.05, 0) is 41.8 Å². The predicted molar refractivity (Wildman–Crippen MR) is 139 cm³/mol. The maximum atomic E-state index is 13.0. The molecule has 0 aliphatic rings. The molecule has 184 valence electrons. The van der Waals surface area contributed by atoms with E-state index in [1.807, 2.05) is 30.3 Å². The van der Waals surface area contributed by atoms with Gasteiger partial charge in [0, 0.05) is 33.8 Å². The number of carbonyl (C=O) groups is 2.